The molecule has 11 heteroatoms. The summed E-state index contributed by atoms with van der Waals surface area (Å²) < 4.78 is 74.1. The van der Waals surface area contributed by atoms with Crippen LogP contribution in [-0.2, 0) is 24.7 Å². The van der Waals surface area contributed by atoms with Crippen molar-refractivity contribution >= 4 is 31.5 Å². The number of methoxy groups -OCH3 is 1. The summed E-state index contributed by atoms with van der Waals surface area (Å²) in [6.45, 7) is 0.115. The van der Waals surface area contributed by atoms with Crippen molar-refractivity contribution in [2.45, 2.75) is 28.7 Å². The number of hydrogen-bond acceptors (Lipinski definition) is 6. The zero-order valence-corrected chi connectivity index (χ0v) is 21.3. The van der Waals surface area contributed by atoms with E-state index in [4.69, 9.17) is 4.74 Å². The predicted octanol–water partition coefficient (Wildman–Crippen LogP) is 3.38. The molecule has 1 fully saturated rings. The minimum Gasteiger partial charge on any atom is -0.497 e. The number of rotatable bonds is 7. The standard InChI is InChI=1S/C25H25FN2O6S2/c1-34-18-10-12-19(13-11-18)36(32,33)27-21-9-6-16-28(25(21)29)22-15-14-20(17-7-4-3-5-8-17)24(23(22)26)35(2,30)31/h3-5,7-8,10-15,21,27H,6,9,16H2,1-2H3. The van der Waals surface area contributed by atoms with Gasteiger partial charge in [0, 0.05) is 18.4 Å². The molecule has 8 nitrogen and oxygen atoms in total. The quantitative estimate of drug-likeness (QED) is 0.500. The van der Waals surface area contributed by atoms with Gasteiger partial charge in [0.05, 0.1) is 17.7 Å². The fourth-order valence-corrected chi connectivity index (χ4v) is 6.43. The highest BCUT2D eigenvalue weighted by molar-refractivity contribution is 7.91. The maximum absolute atomic E-state index is 15.8. The van der Waals surface area contributed by atoms with Gasteiger partial charge in [-0.05, 0) is 48.7 Å². The molecule has 1 heterocycles. The fraction of sp³-hybridized carbons (Fsp3) is 0.240. The Hall–Kier alpha value is -3.28. The molecule has 0 bridgehead atoms. The lowest BCUT2D eigenvalue weighted by molar-refractivity contribution is -0.121. The van der Waals surface area contributed by atoms with Gasteiger partial charge in [-0.1, -0.05) is 36.4 Å². The van der Waals surface area contributed by atoms with Crippen molar-refractivity contribution in [3.05, 3.63) is 72.5 Å². The molecule has 190 valence electrons. The van der Waals surface area contributed by atoms with Gasteiger partial charge in [0.25, 0.3) is 0 Å². The lowest BCUT2D eigenvalue weighted by Gasteiger charge is -2.33. The number of benzene rings is 3. The molecular weight excluding hydrogens is 507 g/mol. The molecule has 1 saturated heterocycles. The zero-order chi connectivity index (χ0) is 26.1. The van der Waals surface area contributed by atoms with E-state index in [-0.39, 0.29) is 29.1 Å². The van der Waals surface area contributed by atoms with Crippen LogP contribution in [0.5, 0.6) is 5.75 Å². The molecule has 3 aromatic rings. The number of carbonyl (C=O) groups excluding carboxylic acids is 1. The number of piperidine rings is 1. The molecule has 0 aliphatic carbocycles. The number of nitrogens with zero attached hydrogens (tertiary/aromatic N) is 1. The third kappa shape index (κ3) is 5.13. The number of nitrogens with one attached hydrogen (secondary N) is 1. The molecule has 1 unspecified atom stereocenters. The third-order valence-corrected chi connectivity index (χ3v) is 8.56. The van der Waals surface area contributed by atoms with Gasteiger partial charge >= 0.3 is 0 Å². The molecule has 0 spiro atoms. The number of anilines is 1. The zero-order valence-electron chi connectivity index (χ0n) is 19.6. The first-order valence-corrected chi connectivity index (χ1v) is 14.5. The third-order valence-electron chi connectivity index (χ3n) is 5.93. The van der Waals surface area contributed by atoms with E-state index in [1.54, 1.807) is 30.3 Å². The summed E-state index contributed by atoms with van der Waals surface area (Å²) >= 11 is 0. The topological polar surface area (TPSA) is 110 Å². The summed E-state index contributed by atoms with van der Waals surface area (Å²) in [5.41, 5.74) is 0.479. The molecular formula is C25H25FN2O6S2. The van der Waals surface area contributed by atoms with Crippen LogP contribution >= 0.6 is 0 Å². The van der Waals surface area contributed by atoms with Crippen molar-refractivity contribution in [2.24, 2.45) is 0 Å². The van der Waals surface area contributed by atoms with E-state index >= 15 is 4.39 Å². The highest BCUT2D eigenvalue weighted by Crippen LogP contribution is 2.36. The average molecular weight is 533 g/mol. The number of amides is 1. The number of ether oxygens (including phenoxy) is 1. The van der Waals surface area contributed by atoms with E-state index in [1.807, 2.05) is 0 Å². The number of hydrogen-bond donors (Lipinski definition) is 1. The molecule has 3 aromatic carbocycles. The van der Waals surface area contributed by atoms with Crippen LogP contribution in [0.4, 0.5) is 10.1 Å². The lowest BCUT2D eigenvalue weighted by Crippen LogP contribution is -2.52. The molecule has 0 aromatic heterocycles. The van der Waals surface area contributed by atoms with Gasteiger partial charge in [0.1, 0.15) is 16.7 Å². The van der Waals surface area contributed by atoms with E-state index < -0.39 is 42.5 Å². The van der Waals surface area contributed by atoms with Crippen LogP contribution in [0.1, 0.15) is 12.8 Å². The normalized spacial score (nSPS) is 16.7. The van der Waals surface area contributed by atoms with Gasteiger partial charge in [-0.25, -0.2) is 21.2 Å². The first kappa shape index (κ1) is 25.8. The van der Waals surface area contributed by atoms with E-state index in [9.17, 15) is 21.6 Å². The van der Waals surface area contributed by atoms with Crippen molar-refractivity contribution in [3.8, 4) is 16.9 Å². The van der Waals surface area contributed by atoms with Crippen LogP contribution in [0.25, 0.3) is 11.1 Å². The smallest absolute Gasteiger partial charge is 0.245 e. The molecule has 4 rings (SSSR count). The monoisotopic (exact) mass is 532 g/mol. The summed E-state index contributed by atoms with van der Waals surface area (Å²) in [5.74, 6) is -1.24. The van der Waals surface area contributed by atoms with Crippen LogP contribution in [0.15, 0.2) is 76.5 Å². The maximum atomic E-state index is 15.8. The van der Waals surface area contributed by atoms with Gasteiger partial charge in [0.15, 0.2) is 15.7 Å². The Morgan fingerprint density at radius 1 is 0.972 bits per heavy atom. The van der Waals surface area contributed by atoms with Crippen molar-refractivity contribution < 1.29 is 30.8 Å². The summed E-state index contributed by atoms with van der Waals surface area (Å²) in [4.78, 5) is 13.8. The Bertz CT molecular complexity index is 1490. The lowest BCUT2D eigenvalue weighted by atomic mass is 10.0. The highest BCUT2D eigenvalue weighted by atomic mass is 32.2. The Morgan fingerprint density at radius 2 is 1.64 bits per heavy atom. The van der Waals surface area contributed by atoms with Gasteiger partial charge in [-0.3, -0.25) is 4.79 Å². The first-order valence-electron chi connectivity index (χ1n) is 11.1. The first-order chi connectivity index (χ1) is 17.0. The summed E-state index contributed by atoms with van der Waals surface area (Å²) in [5, 5.41) is 0. The Labute approximate surface area is 209 Å². The van der Waals surface area contributed by atoms with E-state index in [1.165, 1.54) is 43.5 Å². The minimum atomic E-state index is -4.05. The molecule has 1 amide bonds. The second-order valence-electron chi connectivity index (χ2n) is 8.40. The van der Waals surface area contributed by atoms with Gasteiger partial charge in [-0.2, -0.15) is 4.72 Å². The summed E-state index contributed by atoms with van der Waals surface area (Å²) in [7, 11) is -6.60. The predicted molar refractivity (Wildman–Crippen MR) is 134 cm³/mol. The van der Waals surface area contributed by atoms with Gasteiger partial charge in [-0.15, -0.1) is 0 Å². The SMILES string of the molecule is COc1ccc(S(=O)(=O)NC2CCCN(c3ccc(-c4ccccc4)c(S(C)(=O)=O)c3F)C2=O)cc1. The van der Waals surface area contributed by atoms with Gasteiger partial charge < -0.3 is 9.64 Å². The van der Waals surface area contributed by atoms with Crippen LogP contribution in [0.2, 0.25) is 0 Å². The fourth-order valence-electron chi connectivity index (χ4n) is 4.20. The van der Waals surface area contributed by atoms with Crippen molar-refractivity contribution in [1.29, 1.82) is 0 Å². The Morgan fingerprint density at radius 3 is 2.25 bits per heavy atom. The van der Waals surface area contributed by atoms with E-state index in [0.717, 1.165) is 11.2 Å². The second kappa shape index (κ2) is 10.00. The van der Waals surface area contributed by atoms with Crippen molar-refractivity contribution in [2.75, 3.05) is 24.8 Å². The van der Waals surface area contributed by atoms with Crippen molar-refractivity contribution in [3.63, 3.8) is 0 Å². The second-order valence-corrected chi connectivity index (χ2v) is 12.1. The van der Waals surface area contributed by atoms with Crippen LogP contribution in [0.3, 0.4) is 0 Å². The largest absolute Gasteiger partial charge is 0.497 e. The van der Waals surface area contributed by atoms with E-state index in [2.05, 4.69) is 4.72 Å². The van der Waals surface area contributed by atoms with E-state index in [0.29, 0.717) is 17.7 Å². The maximum Gasteiger partial charge on any atom is 0.245 e. The highest BCUT2D eigenvalue weighted by Gasteiger charge is 2.36. The van der Waals surface area contributed by atoms with Crippen LogP contribution < -0.4 is 14.4 Å². The molecule has 1 aliphatic rings. The van der Waals surface area contributed by atoms with Gasteiger partial charge in [0.2, 0.25) is 15.9 Å². The average Bonchev–Trinajstić information content (AvgIpc) is 2.85. The molecule has 1 N–H and O–H groups in total. The molecule has 0 radical (unpaired) electrons. The van der Waals surface area contributed by atoms with Crippen molar-refractivity contribution in [1.82, 2.24) is 4.72 Å². The van der Waals surface area contributed by atoms with Crippen LogP contribution in [-0.4, -0.2) is 48.7 Å². The Balaban J connectivity index is 1.68. The minimum absolute atomic E-state index is 0.0500. The summed E-state index contributed by atoms with van der Waals surface area (Å²) in [6.07, 6.45) is 1.51. The number of sulfonamides is 1. The molecule has 1 atom stereocenters. The number of sulfone groups is 1. The Kier molecular flexibility index (Phi) is 7.17. The number of halogens is 1. The molecule has 36 heavy (non-hydrogen) atoms. The molecule has 1 aliphatic heterocycles. The number of carbonyl (C=O) groups is 1. The van der Waals surface area contributed by atoms with Crippen LogP contribution in [0, 0.1) is 5.82 Å². The molecule has 0 saturated carbocycles. The summed E-state index contributed by atoms with van der Waals surface area (Å²) in [6, 6.07) is 15.9.